The topological polar surface area (TPSA) is 237 Å². The average molecular weight is 1440 g/mol. The van der Waals surface area contributed by atoms with Gasteiger partial charge in [0.2, 0.25) is 0 Å². The second kappa shape index (κ2) is 72.0. The molecule has 0 saturated heterocycles. The Hall–Kier alpha value is -1.94. The monoisotopic (exact) mass is 1440 g/mol. The zero-order valence-electron chi connectivity index (χ0n) is 63.9. The third-order valence-electron chi connectivity index (χ3n) is 18.5. The zero-order valence-corrected chi connectivity index (χ0v) is 65.7. The summed E-state index contributed by atoms with van der Waals surface area (Å²) in [7, 11) is -9.91. The van der Waals surface area contributed by atoms with Crippen molar-refractivity contribution in [3.8, 4) is 0 Å². The Bertz CT molecular complexity index is 1870. The van der Waals surface area contributed by atoms with Crippen LogP contribution in [0.5, 0.6) is 0 Å². The van der Waals surface area contributed by atoms with Crippen LogP contribution in [0.15, 0.2) is 0 Å². The van der Waals surface area contributed by atoms with E-state index in [1.807, 2.05) is 0 Å². The van der Waals surface area contributed by atoms with Gasteiger partial charge in [0.05, 0.1) is 26.4 Å². The molecule has 0 spiro atoms. The molecular weight excluding hydrogens is 1280 g/mol. The minimum Gasteiger partial charge on any atom is -0.462 e. The van der Waals surface area contributed by atoms with Crippen molar-refractivity contribution in [3.63, 3.8) is 0 Å². The smallest absolute Gasteiger partial charge is 0.462 e. The van der Waals surface area contributed by atoms with Crippen LogP contribution in [0.3, 0.4) is 0 Å². The summed E-state index contributed by atoms with van der Waals surface area (Å²) < 4.78 is 68.6. The third kappa shape index (κ3) is 72.4. The van der Waals surface area contributed by atoms with Crippen LogP contribution >= 0.6 is 15.6 Å². The molecule has 0 rings (SSSR count). The highest BCUT2D eigenvalue weighted by atomic mass is 31.2. The molecule has 0 aromatic carbocycles. The van der Waals surface area contributed by atoms with Crippen LogP contribution in [0.1, 0.15) is 420 Å². The van der Waals surface area contributed by atoms with E-state index in [1.54, 1.807) is 0 Å². The molecule has 0 radical (unpaired) electrons. The van der Waals surface area contributed by atoms with Gasteiger partial charge in [0.15, 0.2) is 12.2 Å². The maximum absolute atomic E-state index is 13.1. The first-order chi connectivity index (χ1) is 47.5. The molecule has 0 aromatic rings. The minimum atomic E-state index is -4.96. The first-order valence-electron chi connectivity index (χ1n) is 41.1. The molecular formula is C79H154O17P2. The highest BCUT2D eigenvalue weighted by molar-refractivity contribution is 7.47. The summed E-state index contributed by atoms with van der Waals surface area (Å²) in [4.78, 5) is 72.9. The predicted octanol–water partition coefficient (Wildman–Crippen LogP) is 23.6. The van der Waals surface area contributed by atoms with Gasteiger partial charge in [-0.2, -0.15) is 0 Å². The van der Waals surface area contributed by atoms with Gasteiger partial charge in [-0.3, -0.25) is 37.3 Å². The number of rotatable bonds is 79. The van der Waals surface area contributed by atoms with Crippen molar-refractivity contribution in [1.82, 2.24) is 0 Å². The lowest BCUT2D eigenvalue weighted by molar-refractivity contribution is -0.161. The van der Waals surface area contributed by atoms with Crippen molar-refractivity contribution in [2.24, 2.45) is 5.92 Å². The average Bonchev–Trinajstić information content (AvgIpc) is 1.14. The van der Waals surface area contributed by atoms with Gasteiger partial charge in [-0.1, -0.05) is 369 Å². The Kier molecular flexibility index (Phi) is 70.6. The van der Waals surface area contributed by atoms with Gasteiger partial charge in [0, 0.05) is 25.7 Å². The summed E-state index contributed by atoms with van der Waals surface area (Å²) in [6, 6.07) is 0. The molecule has 0 fully saturated rings. The van der Waals surface area contributed by atoms with Crippen LogP contribution < -0.4 is 0 Å². The van der Waals surface area contributed by atoms with E-state index in [9.17, 15) is 43.2 Å². The van der Waals surface area contributed by atoms with Crippen LogP contribution in [-0.2, 0) is 65.4 Å². The first kappa shape index (κ1) is 96.1. The Morgan fingerprint density at radius 3 is 0.694 bits per heavy atom. The van der Waals surface area contributed by atoms with Gasteiger partial charge in [-0.15, -0.1) is 0 Å². The maximum Gasteiger partial charge on any atom is 0.472 e. The number of carbonyl (C=O) groups excluding carboxylic acids is 4. The highest BCUT2D eigenvalue weighted by Crippen LogP contribution is 2.45. The molecule has 17 nitrogen and oxygen atoms in total. The highest BCUT2D eigenvalue weighted by Gasteiger charge is 2.30. The van der Waals surface area contributed by atoms with Crippen LogP contribution in [0, 0.1) is 5.92 Å². The summed E-state index contributed by atoms with van der Waals surface area (Å²) in [6.07, 6.45) is 62.6. The fourth-order valence-electron chi connectivity index (χ4n) is 12.2. The number of phosphoric acid groups is 2. The van der Waals surface area contributed by atoms with Gasteiger partial charge >= 0.3 is 39.5 Å². The summed E-state index contributed by atoms with van der Waals surface area (Å²) in [5.74, 6) is -1.41. The number of carbonyl (C=O) groups is 4. The molecule has 3 N–H and O–H groups in total. The normalized spacial score (nSPS) is 13.9. The zero-order chi connectivity index (χ0) is 71.9. The van der Waals surface area contributed by atoms with Crippen LogP contribution in [0.25, 0.3) is 0 Å². The quantitative estimate of drug-likeness (QED) is 0.0222. The van der Waals surface area contributed by atoms with Crippen molar-refractivity contribution in [3.05, 3.63) is 0 Å². The molecule has 98 heavy (non-hydrogen) atoms. The van der Waals surface area contributed by atoms with E-state index < -0.39 is 97.5 Å². The number of aliphatic hydroxyl groups excluding tert-OH is 1. The fourth-order valence-corrected chi connectivity index (χ4v) is 13.8. The molecule has 0 amide bonds. The van der Waals surface area contributed by atoms with E-state index in [-0.39, 0.29) is 25.7 Å². The van der Waals surface area contributed by atoms with E-state index in [4.69, 9.17) is 37.0 Å². The number of unbranched alkanes of at least 4 members (excludes halogenated alkanes) is 51. The summed E-state index contributed by atoms with van der Waals surface area (Å²) >= 11 is 0. The molecule has 5 atom stereocenters. The van der Waals surface area contributed by atoms with E-state index in [2.05, 4.69) is 34.6 Å². The first-order valence-corrected chi connectivity index (χ1v) is 44.1. The Morgan fingerprint density at radius 1 is 0.276 bits per heavy atom. The molecule has 0 aliphatic carbocycles. The van der Waals surface area contributed by atoms with Gasteiger partial charge in [-0.05, 0) is 31.6 Å². The standard InChI is InChI=1S/C79H154O17P2/c1-6-9-12-15-18-21-24-26-28-30-31-32-34-36-38-41-44-49-55-60-65-79(84)95-74(68-89-76(81)62-57-52-47-42-40-37-35-33-29-27-25-22-19-16-13-10-7-2)70-93-97(85,86)91-66-73(80)67-92-98(87,88)94-71-75(69-90-77(82)63-58-53-50-45-46-51-56-61-72(4)5)96-78(83)64-59-54-48-43-39-23-20-17-14-11-8-3/h72-75,80H,6-71H2,1-5H3,(H,85,86)(H,87,88)/t73-,74-,75-/m1/s1. The van der Waals surface area contributed by atoms with Crippen LogP contribution in [0.4, 0.5) is 0 Å². The van der Waals surface area contributed by atoms with E-state index >= 15 is 0 Å². The third-order valence-corrected chi connectivity index (χ3v) is 20.4. The molecule has 0 aromatic heterocycles. The second-order valence-electron chi connectivity index (χ2n) is 28.9. The number of phosphoric ester groups is 2. The number of hydrogen-bond acceptors (Lipinski definition) is 15. The van der Waals surface area contributed by atoms with Gasteiger partial charge in [0.1, 0.15) is 19.3 Å². The number of aliphatic hydroxyl groups is 1. The SMILES string of the molecule is CCCCCCCCCCCCCCCCCCCCCCC(=O)O[C@H](COC(=O)CCCCCCCCCCCCCCCCCCC)COP(=O)(O)OC[C@@H](O)COP(=O)(O)OC[C@@H](COC(=O)CCCCCCCCCC(C)C)OC(=O)CCCCCCCCCCCCC. The lowest BCUT2D eigenvalue weighted by Crippen LogP contribution is -2.30. The van der Waals surface area contributed by atoms with Gasteiger partial charge in [-0.25, -0.2) is 9.13 Å². The van der Waals surface area contributed by atoms with Gasteiger partial charge < -0.3 is 33.8 Å². The lowest BCUT2D eigenvalue weighted by Gasteiger charge is -2.21. The number of esters is 4. The van der Waals surface area contributed by atoms with E-state index in [0.29, 0.717) is 31.6 Å². The van der Waals surface area contributed by atoms with Gasteiger partial charge in [0.25, 0.3) is 0 Å². The molecule has 0 saturated carbocycles. The van der Waals surface area contributed by atoms with Crippen molar-refractivity contribution in [1.29, 1.82) is 0 Å². The van der Waals surface area contributed by atoms with E-state index in [1.165, 1.54) is 238 Å². The summed E-state index contributed by atoms with van der Waals surface area (Å²) in [5.41, 5.74) is 0. The van der Waals surface area contributed by atoms with Crippen molar-refractivity contribution < 1.29 is 80.2 Å². The second-order valence-corrected chi connectivity index (χ2v) is 31.8. The van der Waals surface area contributed by atoms with E-state index in [0.717, 1.165) is 96.3 Å². The molecule has 582 valence electrons. The Labute approximate surface area is 600 Å². The van der Waals surface area contributed by atoms with Crippen LogP contribution in [-0.4, -0.2) is 96.7 Å². The van der Waals surface area contributed by atoms with Crippen molar-refractivity contribution in [2.45, 2.75) is 438 Å². The van der Waals surface area contributed by atoms with Crippen LogP contribution in [0.2, 0.25) is 0 Å². The number of hydrogen-bond donors (Lipinski definition) is 3. The number of ether oxygens (including phenoxy) is 4. The molecule has 0 heterocycles. The molecule has 2 unspecified atom stereocenters. The molecule has 0 aliphatic rings. The predicted molar refractivity (Wildman–Crippen MR) is 400 cm³/mol. The molecule has 19 heteroatoms. The minimum absolute atomic E-state index is 0.107. The Morgan fingerprint density at radius 2 is 0.469 bits per heavy atom. The van der Waals surface area contributed by atoms with Crippen molar-refractivity contribution >= 4 is 39.5 Å². The largest absolute Gasteiger partial charge is 0.472 e. The Balaban J connectivity index is 5.21. The summed E-state index contributed by atoms with van der Waals surface area (Å²) in [5, 5.41) is 10.6. The maximum atomic E-state index is 13.1. The summed E-state index contributed by atoms with van der Waals surface area (Å²) in [6.45, 7) is 7.25. The molecule has 0 aliphatic heterocycles. The lowest BCUT2D eigenvalue weighted by atomic mass is 10.0. The fraction of sp³-hybridized carbons (Fsp3) is 0.949. The molecule has 0 bridgehead atoms. The van der Waals surface area contributed by atoms with Crippen molar-refractivity contribution in [2.75, 3.05) is 39.6 Å².